The summed E-state index contributed by atoms with van der Waals surface area (Å²) in [5.41, 5.74) is 1.18. The third-order valence-corrected chi connectivity index (χ3v) is 4.87. The molecule has 0 aliphatic carbocycles. The molecule has 3 rings (SSSR count). The molecule has 0 spiro atoms. The number of fused-ring (bicyclic) bond motifs is 1. The lowest BCUT2D eigenvalue weighted by atomic mass is 10.0. The number of rotatable bonds is 6. The van der Waals surface area contributed by atoms with Gasteiger partial charge < -0.3 is 25.0 Å². The molecule has 2 atom stereocenters. The number of likely N-dealkylation sites (tertiary alicyclic amines) is 1. The summed E-state index contributed by atoms with van der Waals surface area (Å²) in [4.78, 5) is 24.9. The Kier molecular flexibility index (Phi) is 6.33. The molecule has 2 aliphatic heterocycles. The summed E-state index contributed by atoms with van der Waals surface area (Å²) >= 11 is 0. The van der Waals surface area contributed by atoms with Gasteiger partial charge in [0.05, 0.1) is 26.3 Å². The van der Waals surface area contributed by atoms with E-state index in [2.05, 4.69) is 22.8 Å². The van der Waals surface area contributed by atoms with E-state index in [1.807, 2.05) is 13.0 Å². The fourth-order valence-electron chi connectivity index (χ4n) is 3.63. The molecule has 2 amide bonds. The minimum atomic E-state index is -0.156. The molecule has 2 heterocycles. The zero-order valence-corrected chi connectivity index (χ0v) is 15.3. The number of amides is 2. The van der Waals surface area contributed by atoms with Gasteiger partial charge in [-0.25, -0.2) is 0 Å². The standard InChI is InChI=1S/C19H27N3O4/c1-2-20-18(23)12-21-19(24)13-22-8-3-5-15(22)14-6-7-16-17(11-14)26-10-4-9-25-16/h6-7,11,15H,2-5,8-10,12-13H2,1H3,(H,20,23)(H,21,24)/p+1/t15-/m0/s1. The molecule has 0 aromatic heterocycles. The van der Waals surface area contributed by atoms with Gasteiger partial charge in [0.15, 0.2) is 18.0 Å². The second-order valence-corrected chi connectivity index (χ2v) is 6.77. The molecule has 26 heavy (non-hydrogen) atoms. The van der Waals surface area contributed by atoms with Crippen molar-refractivity contribution in [2.24, 2.45) is 0 Å². The first kappa shape index (κ1) is 18.5. The molecular weight excluding hydrogens is 334 g/mol. The molecule has 7 heteroatoms. The number of carbonyl (C=O) groups excluding carboxylic acids is 2. The van der Waals surface area contributed by atoms with Crippen LogP contribution in [0.25, 0.3) is 0 Å². The van der Waals surface area contributed by atoms with Gasteiger partial charge in [0.25, 0.3) is 5.91 Å². The molecule has 0 radical (unpaired) electrons. The summed E-state index contributed by atoms with van der Waals surface area (Å²) in [6.45, 7) is 5.13. The summed E-state index contributed by atoms with van der Waals surface area (Å²) in [6, 6.07) is 6.38. The Labute approximate surface area is 154 Å². The second-order valence-electron chi connectivity index (χ2n) is 6.77. The predicted octanol–water partition coefficient (Wildman–Crippen LogP) is -0.180. The Morgan fingerprint density at radius 1 is 1.12 bits per heavy atom. The van der Waals surface area contributed by atoms with Gasteiger partial charge in [-0.05, 0) is 25.1 Å². The van der Waals surface area contributed by atoms with E-state index in [1.54, 1.807) is 0 Å². The summed E-state index contributed by atoms with van der Waals surface area (Å²) in [5, 5.41) is 5.38. The van der Waals surface area contributed by atoms with Gasteiger partial charge >= 0.3 is 0 Å². The van der Waals surface area contributed by atoms with E-state index < -0.39 is 0 Å². The largest absolute Gasteiger partial charge is 0.490 e. The van der Waals surface area contributed by atoms with Gasteiger partial charge in [-0.1, -0.05) is 0 Å². The van der Waals surface area contributed by atoms with Crippen molar-refractivity contribution in [3.63, 3.8) is 0 Å². The predicted molar refractivity (Wildman–Crippen MR) is 96.4 cm³/mol. The molecule has 142 valence electrons. The number of carbonyl (C=O) groups is 2. The van der Waals surface area contributed by atoms with Gasteiger partial charge in [-0.15, -0.1) is 0 Å². The van der Waals surface area contributed by atoms with Crippen LogP contribution in [0.3, 0.4) is 0 Å². The topological polar surface area (TPSA) is 81.1 Å². The highest BCUT2D eigenvalue weighted by molar-refractivity contribution is 5.84. The van der Waals surface area contributed by atoms with Crippen LogP contribution in [0, 0.1) is 0 Å². The van der Waals surface area contributed by atoms with E-state index in [-0.39, 0.29) is 24.4 Å². The number of quaternary nitrogens is 1. The lowest BCUT2D eigenvalue weighted by Crippen LogP contribution is -3.11. The number of benzene rings is 1. The highest BCUT2D eigenvalue weighted by Gasteiger charge is 2.32. The fraction of sp³-hybridized carbons (Fsp3) is 0.579. The maximum Gasteiger partial charge on any atom is 0.275 e. The molecule has 1 unspecified atom stereocenters. The quantitative estimate of drug-likeness (QED) is 0.656. The number of hydrogen-bond acceptors (Lipinski definition) is 4. The van der Waals surface area contributed by atoms with E-state index >= 15 is 0 Å². The fourth-order valence-corrected chi connectivity index (χ4v) is 3.63. The van der Waals surface area contributed by atoms with E-state index in [1.165, 1.54) is 10.5 Å². The molecule has 3 N–H and O–H groups in total. The van der Waals surface area contributed by atoms with Crippen LogP contribution in [0.2, 0.25) is 0 Å². The smallest absolute Gasteiger partial charge is 0.275 e. The maximum atomic E-state index is 12.2. The molecule has 1 saturated heterocycles. The van der Waals surface area contributed by atoms with Crippen molar-refractivity contribution < 1.29 is 24.0 Å². The average Bonchev–Trinajstić information content (AvgIpc) is 2.95. The van der Waals surface area contributed by atoms with Gasteiger partial charge in [-0.3, -0.25) is 9.59 Å². The molecule has 2 aliphatic rings. The third-order valence-electron chi connectivity index (χ3n) is 4.87. The van der Waals surface area contributed by atoms with Crippen molar-refractivity contribution in [3.05, 3.63) is 23.8 Å². The highest BCUT2D eigenvalue weighted by atomic mass is 16.5. The molecule has 1 fully saturated rings. The zero-order chi connectivity index (χ0) is 18.4. The number of nitrogens with one attached hydrogen (secondary N) is 3. The van der Waals surface area contributed by atoms with Crippen molar-refractivity contribution in [1.29, 1.82) is 0 Å². The molecule has 1 aromatic rings. The summed E-state index contributed by atoms with van der Waals surface area (Å²) in [7, 11) is 0. The monoisotopic (exact) mass is 362 g/mol. The van der Waals surface area contributed by atoms with Crippen LogP contribution in [0.4, 0.5) is 0 Å². The van der Waals surface area contributed by atoms with Crippen molar-refractivity contribution in [1.82, 2.24) is 10.6 Å². The summed E-state index contributed by atoms with van der Waals surface area (Å²) < 4.78 is 11.5. The first-order valence-electron chi connectivity index (χ1n) is 9.45. The van der Waals surface area contributed by atoms with Crippen LogP contribution >= 0.6 is 0 Å². The first-order chi connectivity index (χ1) is 12.7. The van der Waals surface area contributed by atoms with Crippen LogP contribution in [0.1, 0.15) is 37.8 Å². The number of ether oxygens (including phenoxy) is 2. The van der Waals surface area contributed by atoms with Crippen LogP contribution in [0.5, 0.6) is 11.5 Å². The van der Waals surface area contributed by atoms with Crippen molar-refractivity contribution >= 4 is 11.8 Å². The van der Waals surface area contributed by atoms with Gasteiger partial charge in [-0.2, -0.15) is 0 Å². The van der Waals surface area contributed by atoms with Crippen LogP contribution in [-0.4, -0.2) is 51.2 Å². The van der Waals surface area contributed by atoms with Crippen LogP contribution < -0.4 is 25.0 Å². The van der Waals surface area contributed by atoms with E-state index in [9.17, 15) is 9.59 Å². The minimum absolute atomic E-state index is 0.0364. The van der Waals surface area contributed by atoms with E-state index in [0.29, 0.717) is 26.3 Å². The lowest BCUT2D eigenvalue weighted by Gasteiger charge is -2.22. The third kappa shape index (κ3) is 4.66. The molecule has 0 bridgehead atoms. The normalized spacial score (nSPS) is 21.7. The zero-order valence-electron chi connectivity index (χ0n) is 15.3. The van der Waals surface area contributed by atoms with Gasteiger partial charge in [0.1, 0.15) is 6.04 Å². The number of likely N-dealkylation sites (N-methyl/N-ethyl adjacent to an activating group) is 1. The lowest BCUT2D eigenvalue weighted by molar-refractivity contribution is -0.910. The van der Waals surface area contributed by atoms with Gasteiger partial charge in [0, 0.05) is 31.4 Å². The summed E-state index contributed by atoms with van der Waals surface area (Å²) in [5.74, 6) is 1.35. The van der Waals surface area contributed by atoms with E-state index in [0.717, 1.165) is 37.3 Å². The molecule has 1 aromatic carbocycles. The Morgan fingerprint density at radius 2 is 1.92 bits per heavy atom. The average molecular weight is 362 g/mol. The number of hydrogen-bond donors (Lipinski definition) is 3. The SMILES string of the molecule is CCNC(=O)CNC(=O)C[NH+]1CCC[C@H]1c1ccc2c(c1)OCCCO2. The Bertz CT molecular complexity index is 650. The Morgan fingerprint density at radius 3 is 2.73 bits per heavy atom. The maximum absolute atomic E-state index is 12.2. The molecule has 0 saturated carbocycles. The Balaban J connectivity index is 1.60. The van der Waals surface area contributed by atoms with Crippen molar-refractivity contribution in [2.75, 3.05) is 39.4 Å². The van der Waals surface area contributed by atoms with Crippen molar-refractivity contribution in [3.8, 4) is 11.5 Å². The minimum Gasteiger partial charge on any atom is -0.490 e. The van der Waals surface area contributed by atoms with Gasteiger partial charge in [0.2, 0.25) is 5.91 Å². The highest BCUT2D eigenvalue weighted by Crippen LogP contribution is 2.33. The molecular formula is C19H28N3O4+. The first-order valence-corrected chi connectivity index (χ1v) is 9.45. The summed E-state index contributed by atoms with van der Waals surface area (Å²) in [6.07, 6.45) is 3.01. The van der Waals surface area contributed by atoms with Crippen molar-refractivity contribution in [2.45, 2.75) is 32.2 Å². The van der Waals surface area contributed by atoms with Crippen LogP contribution in [0.15, 0.2) is 18.2 Å². The Hall–Kier alpha value is -2.28. The second kappa shape index (κ2) is 8.89. The van der Waals surface area contributed by atoms with Crippen LogP contribution in [-0.2, 0) is 9.59 Å². The van der Waals surface area contributed by atoms with E-state index in [4.69, 9.17) is 9.47 Å². The molecule has 7 nitrogen and oxygen atoms in total.